The van der Waals surface area contributed by atoms with Crippen molar-refractivity contribution in [3.05, 3.63) is 59.4 Å². The molecule has 1 N–H and O–H groups in total. The molecule has 2 aliphatic rings. The van der Waals surface area contributed by atoms with Gasteiger partial charge in [-0.05, 0) is 63.1 Å². The summed E-state index contributed by atoms with van der Waals surface area (Å²) in [5.74, 6) is -0.597. The molecule has 2 aromatic carbocycles. The van der Waals surface area contributed by atoms with E-state index in [0.29, 0.717) is 50.5 Å². The second-order valence-corrected chi connectivity index (χ2v) is 8.76. The zero-order valence-electron chi connectivity index (χ0n) is 19.7. The summed E-state index contributed by atoms with van der Waals surface area (Å²) in [6, 6.07) is 10.8. The summed E-state index contributed by atoms with van der Waals surface area (Å²) >= 11 is 0. The number of hydrogen-bond donors (Lipinski definition) is 1. The highest BCUT2D eigenvalue weighted by atomic mass is 19.1. The number of nitrogens with one attached hydrogen (secondary N) is 1. The molecule has 8 heteroatoms. The summed E-state index contributed by atoms with van der Waals surface area (Å²) in [5.41, 5.74) is 1.97. The van der Waals surface area contributed by atoms with E-state index in [2.05, 4.69) is 10.2 Å². The molecule has 0 atom stereocenters. The second kappa shape index (κ2) is 10.2. The quantitative estimate of drug-likeness (QED) is 0.677. The molecule has 1 aliphatic heterocycles. The molecule has 0 radical (unpaired) electrons. The van der Waals surface area contributed by atoms with E-state index in [1.807, 2.05) is 24.8 Å². The third kappa shape index (κ3) is 5.21. The van der Waals surface area contributed by atoms with Crippen LogP contribution in [-0.2, 0) is 4.79 Å². The van der Waals surface area contributed by atoms with Gasteiger partial charge < -0.3 is 20.0 Å². The van der Waals surface area contributed by atoms with Gasteiger partial charge in [0.25, 0.3) is 11.8 Å². The zero-order valence-corrected chi connectivity index (χ0v) is 19.7. The molecule has 0 bridgehead atoms. The van der Waals surface area contributed by atoms with E-state index in [1.165, 1.54) is 24.3 Å². The molecule has 1 heterocycles. The standard InChI is InChI=1S/C26H31FN4O3/c1-3-29(4-2)26(34)22-17-21(28-24(32)19-6-5-7-20(27)16-19)10-11-23(22)30-12-14-31(15-13-30)25(33)18-8-9-18/h5-7,10-11,16-18H,3-4,8-9,12-15H2,1-2H3,(H,28,32). The number of benzene rings is 2. The van der Waals surface area contributed by atoms with Crippen molar-refractivity contribution >= 4 is 29.1 Å². The summed E-state index contributed by atoms with van der Waals surface area (Å²) in [6.07, 6.45) is 1.98. The first-order valence-corrected chi connectivity index (χ1v) is 11.9. The van der Waals surface area contributed by atoms with E-state index < -0.39 is 11.7 Å². The van der Waals surface area contributed by atoms with Crippen molar-refractivity contribution in [1.29, 1.82) is 0 Å². The first kappa shape index (κ1) is 23.7. The fourth-order valence-corrected chi connectivity index (χ4v) is 4.33. The van der Waals surface area contributed by atoms with Crippen LogP contribution in [0.1, 0.15) is 47.4 Å². The molecular weight excluding hydrogens is 435 g/mol. The van der Waals surface area contributed by atoms with Crippen molar-refractivity contribution in [2.24, 2.45) is 5.92 Å². The Bertz CT molecular complexity index is 1070. The Morgan fingerprint density at radius 1 is 1.00 bits per heavy atom. The average molecular weight is 467 g/mol. The van der Waals surface area contributed by atoms with E-state index in [0.717, 1.165) is 18.5 Å². The number of anilines is 2. The number of halogens is 1. The smallest absolute Gasteiger partial charge is 0.256 e. The Labute approximate surface area is 199 Å². The first-order valence-electron chi connectivity index (χ1n) is 11.9. The monoisotopic (exact) mass is 466 g/mol. The summed E-state index contributed by atoms with van der Waals surface area (Å²) < 4.78 is 13.5. The molecule has 34 heavy (non-hydrogen) atoms. The van der Waals surface area contributed by atoms with Crippen LogP contribution < -0.4 is 10.2 Å². The fraction of sp³-hybridized carbons (Fsp3) is 0.423. The third-order valence-electron chi connectivity index (χ3n) is 6.48. The molecular formula is C26H31FN4O3. The Morgan fingerprint density at radius 3 is 2.32 bits per heavy atom. The maximum absolute atomic E-state index is 13.5. The highest BCUT2D eigenvalue weighted by molar-refractivity contribution is 6.06. The number of carbonyl (C=O) groups excluding carboxylic acids is 3. The molecule has 180 valence electrons. The van der Waals surface area contributed by atoms with Crippen LogP contribution in [0.4, 0.5) is 15.8 Å². The minimum Gasteiger partial charge on any atom is -0.367 e. The Hall–Kier alpha value is -3.42. The van der Waals surface area contributed by atoms with Crippen LogP contribution >= 0.6 is 0 Å². The van der Waals surface area contributed by atoms with Crippen molar-refractivity contribution in [3.63, 3.8) is 0 Å². The van der Waals surface area contributed by atoms with E-state index >= 15 is 0 Å². The van der Waals surface area contributed by atoms with Gasteiger partial charge in [0.15, 0.2) is 0 Å². The van der Waals surface area contributed by atoms with Gasteiger partial charge in [0.2, 0.25) is 5.91 Å². The molecule has 2 fully saturated rings. The molecule has 1 aliphatic carbocycles. The number of hydrogen-bond acceptors (Lipinski definition) is 4. The van der Waals surface area contributed by atoms with E-state index in [-0.39, 0.29) is 23.3 Å². The lowest BCUT2D eigenvalue weighted by atomic mass is 10.1. The molecule has 1 saturated heterocycles. The number of nitrogens with zero attached hydrogens (tertiary/aromatic N) is 3. The van der Waals surface area contributed by atoms with Gasteiger partial charge in [0, 0.05) is 62.1 Å². The lowest BCUT2D eigenvalue weighted by Crippen LogP contribution is -2.49. The average Bonchev–Trinajstić information content (AvgIpc) is 3.70. The number of piperazine rings is 1. The van der Waals surface area contributed by atoms with Gasteiger partial charge in [0.05, 0.1) is 5.56 Å². The molecule has 4 rings (SSSR count). The number of carbonyl (C=O) groups is 3. The minimum absolute atomic E-state index is 0.113. The summed E-state index contributed by atoms with van der Waals surface area (Å²) in [4.78, 5) is 44.2. The largest absolute Gasteiger partial charge is 0.367 e. The summed E-state index contributed by atoms with van der Waals surface area (Å²) in [5, 5.41) is 2.78. The fourth-order valence-electron chi connectivity index (χ4n) is 4.33. The molecule has 1 saturated carbocycles. The predicted molar refractivity (Wildman–Crippen MR) is 130 cm³/mol. The summed E-state index contributed by atoms with van der Waals surface area (Å²) in [6.45, 7) is 7.55. The van der Waals surface area contributed by atoms with Crippen molar-refractivity contribution < 1.29 is 18.8 Å². The highest BCUT2D eigenvalue weighted by Gasteiger charge is 2.35. The topological polar surface area (TPSA) is 73.0 Å². The van der Waals surface area contributed by atoms with Crippen molar-refractivity contribution in [3.8, 4) is 0 Å². The second-order valence-electron chi connectivity index (χ2n) is 8.76. The SMILES string of the molecule is CCN(CC)C(=O)c1cc(NC(=O)c2cccc(F)c2)ccc1N1CCN(C(=O)C2CC2)CC1. The van der Waals surface area contributed by atoms with Crippen molar-refractivity contribution in [1.82, 2.24) is 9.80 Å². The molecule has 0 aromatic heterocycles. The van der Waals surface area contributed by atoms with Gasteiger partial charge in [-0.15, -0.1) is 0 Å². The Balaban J connectivity index is 1.56. The van der Waals surface area contributed by atoms with E-state index in [9.17, 15) is 18.8 Å². The van der Waals surface area contributed by atoms with Gasteiger partial charge in [-0.1, -0.05) is 6.07 Å². The highest BCUT2D eigenvalue weighted by Crippen LogP contribution is 2.32. The Morgan fingerprint density at radius 2 is 1.71 bits per heavy atom. The lowest BCUT2D eigenvalue weighted by molar-refractivity contribution is -0.132. The van der Waals surface area contributed by atoms with E-state index in [1.54, 1.807) is 17.0 Å². The first-order chi connectivity index (χ1) is 16.4. The normalized spacial score (nSPS) is 15.7. The molecule has 0 spiro atoms. The van der Waals surface area contributed by atoms with Crippen molar-refractivity contribution in [2.75, 3.05) is 49.5 Å². The van der Waals surface area contributed by atoms with E-state index in [4.69, 9.17) is 0 Å². The third-order valence-corrected chi connectivity index (χ3v) is 6.48. The van der Waals surface area contributed by atoms with Gasteiger partial charge in [0.1, 0.15) is 5.82 Å². The van der Waals surface area contributed by atoms with Crippen molar-refractivity contribution in [2.45, 2.75) is 26.7 Å². The maximum atomic E-state index is 13.5. The van der Waals surface area contributed by atoms with Crippen LogP contribution in [0.3, 0.4) is 0 Å². The molecule has 3 amide bonds. The maximum Gasteiger partial charge on any atom is 0.256 e. The van der Waals surface area contributed by atoms with Crippen LogP contribution in [0.15, 0.2) is 42.5 Å². The molecule has 2 aromatic rings. The number of rotatable bonds is 7. The van der Waals surface area contributed by atoms with Crippen LogP contribution in [0.5, 0.6) is 0 Å². The molecule has 7 nitrogen and oxygen atoms in total. The van der Waals surface area contributed by atoms with Gasteiger partial charge >= 0.3 is 0 Å². The van der Waals surface area contributed by atoms with Crippen LogP contribution in [0.2, 0.25) is 0 Å². The van der Waals surface area contributed by atoms with Gasteiger partial charge in [-0.2, -0.15) is 0 Å². The Kier molecular flexibility index (Phi) is 7.14. The minimum atomic E-state index is -0.486. The predicted octanol–water partition coefficient (Wildman–Crippen LogP) is 3.62. The van der Waals surface area contributed by atoms with Crippen LogP contribution in [0.25, 0.3) is 0 Å². The lowest BCUT2D eigenvalue weighted by Gasteiger charge is -2.37. The van der Waals surface area contributed by atoms with Crippen LogP contribution in [0, 0.1) is 11.7 Å². The summed E-state index contributed by atoms with van der Waals surface area (Å²) in [7, 11) is 0. The van der Waals surface area contributed by atoms with Gasteiger partial charge in [-0.25, -0.2) is 4.39 Å². The van der Waals surface area contributed by atoms with Crippen LogP contribution in [-0.4, -0.2) is 66.8 Å². The molecule has 0 unspecified atom stereocenters. The number of amides is 3. The van der Waals surface area contributed by atoms with Gasteiger partial charge in [-0.3, -0.25) is 14.4 Å². The zero-order chi connectivity index (χ0) is 24.2.